The Bertz CT molecular complexity index is 838. The van der Waals surface area contributed by atoms with E-state index in [0.717, 1.165) is 17.1 Å². The van der Waals surface area contributed by atoms with Crippen LogP contribution in [-0.4, -0.2) is 15.5 Å². The Morgan fingerprint density at radius 2 is 2.14 bits per heavy atom. The average Bonchev–Trinajstić information content (AvgIpc) is 2.90. The molecule has 0 fully saturated rings. The quantitative estimate of drug-likeness (QED) is 0.749. The summed E-state index contributed by atoms with van der Waals surface area (Å²) in [5.74, 6) is -0.646. The lowest BCUT2D eigenvalue weighted by Crippen LogP contribution is -2.06. The Kier molecular flexibility index (Phi) is 3.23. The smallest absolute Gasteiger partial charge is 0.247 e. The van der Waals surface area contributed by atoms with Gasteiger partial charge in [0.25, 0.3) is 0 Å². The van der Waals surface area contributed by atoms with Gasteiger partial charge in [-0.1, -0.05) is 6.58 Å². The lowest BCUT2D eigenvalue weighted by Gasteiger charge is -2.06. The molecule has 4 nitrogen and oxygen atoms in total. The number of halogens is 1. The number of nitrogens with zero attached hydrogens (tertiary/aromatic N) is 2. The molecule has 0 bridgehead atoms. The Hall–Kier alpha value is -2.95. The normalized spacial score (nSPS) is 10.5. The van der Waals surface area contributed by atoms with Crippen LogP contribution in [-0.2, 0) is 4.79 Å². The molecule has 3 rings (SSSR count). The van der Waals surface area contributed by atoms with Crippen molar-refractivity contribution in [1.82, 2.24) is 9.55 Å². The van der Waals surface area contributed by atoms with Gasteiger partial charge in [0.05, 0.1) is 23.6 Å². The van der Waals surface area contributed by atoms with Gasteiger partial charge in [0, 0.05) is 23.3 Å². The summed E-state index contributed by atoms with van der Waals surface area (Å²) in [7, 11) is 0. The maximum atomic E-state index is 13.3. The van der Waals surface area contributed by atoms with Crippen LogP contribution < -0.4 is 5.32 Å². The lowest BCUT2D eigenvalue weighted by atomic mass is 10.2. The Balaban J connectivity index is 2.03. The summed E-state index contributed by atoms with van der Waals surface area (Å²) in [6.45, 7) is 3.41. The number of pyridine rings is 1. The number of aromatic nitrogens is 2. The highest BCUT2D eigenvalue weighted by molar-refractivity contribution is 6.00. The molecule has 0 spiro atoms. The van der Waals surface area contributed by atoms with Gasteiger partial charge in [-0.3, -0.25) is 9.78 Å². The molecule has 1 amide bonds. The molecule has 0 radical (unpaired) electrons. The van der Waals surface area contributed by atoms with Gasteiger partial charge in [-0.25, -0.2) is 4.39 Å². The van der Waals surface area contributed by atoms with Crippen molar-refractivity contribution in [3.05, 3.63) is 67.4 Å². The number of hydrogen-bond acceptors (Lipinski definition) is 2. The molecule has 0 unspecified atom stereocenters. The molecule has 104 valence electrons. The SMILES string of the molecule is C=CC(=O)Nc1ccc2c(ccn2-c2cncc(F)c2)c1. The summed E-state index contributed by atoms with van der Waals surface area (Å²) in [4.78, 5) is 15.1. The third kappa shape index (κ3) is 2.53. The van der Waals surface area contributed by atoms with Crippen molar-refractivity contribution in [2.24, 2.45) is 0 Å². The van der Waals surface area contributed by atoms with Crippen LogP contribution in [0, 0.1) is 5.82 Å². The van der Waals surface area contributed by atoms with Gasteiger partial charge < -0.3 is 9.88 Å². The van der Waals surface area contributed by atoms with E-state index < -0.39 is 0 Å². The van der Waals surface area contributed by atoms with Crippen molar-refractivity contribution < 1.29 is 9.18 Å². The molecule has 0 aliphatic heterocycles. The highest BCUT2D eigenvalue weighted by Crippen LogP contribution is 2.23. The minimum atomic E-state index is -0.385. The molecule has 0 saturated heterocycles. The maximum absolute atomic E-state index is 13.3. The van der Waals surface area contributed by atoms with E-state index in [1.54, 1.807) is 12.3 Å². The molecule has 2 heterocycles. The number of fused-ring (bicyclic) bond motifs is 1. The van der Waals surface area contributed by atoms with Gasteiger partial charge in [0.15, 0.2) is 0 Å². The van der Waals surface area contributed by atoms with Crippen LogP contribution in [0.3, 0.4) is 0 Å². The topological polar surface area (TPSA) is 46.9 Å². The van der Waals surface area contributed by atoms with Gasteiger partial charge in [0.1, 0.15) is 5.82 Å². The molecule has 0 aliphatic carbocycles. The van der Waals surface area contributed by atoms with Crippen LogP contribution in [0.25, 0.3) is 16.6 Å². The van der Waals surface area contributed by atoms with Crippen molar-refractivity contribution in [3.8, 4) is 5.69 Å². The van der Waals surface area contributed by atoms with E-state index in [-0.39, 0.29) is 11.7 Å². The Labute approximate surface area is 120 Å². The van der Waals surface area contributed by atoms with Crippen molar-refractivity contribution in [3.63, 3.8) is 0 Å². The minimum absolute atomic E-state index is 0.261. The molecule has 0 aliphatic rings. The summed E-state index contributed by atoms with van der Waals surface area (Å²) in [6, 6.07) is 8.80. The van der Waals surface area contributed by atoms with E-state index >= 15 is 0 Å². The predicted molar refractivity (Wildman–Crippen MR) is 79.9 cm³/mol. The van der Waals surface area contributed by atoms with Crippen LogP contribution in [0.4, 0.5) is 10.1 Å². The van der Waals surface area contributed by atoms with Crippen molar-refractivity contribution in [1.29, 1.82) is 0 Å². The summed E-state index contributed by atoms with van der Waals surface area (Å²) >= 11 is 0. The standard InChI is InChI=1S/C16H12FN3O/c1-2-16(21)19-13-3-4-15-11(7-13)5-6-20(15)14-8-12(17)9-18-10-14/h2-10H,1H2,(H,19,21). The van der Waals surface area contributed by atoms with Crippen LogP contribution in [0.1, 0.15) is 0 Å². The molecular weight excluding hydrogens is 269 g/mol. The number of nitrogens with one attached hydrogen (secondary N) is 1. The van der Waals surface area contributed by atoms with E-state index in [9.17, 15) is 9.18 Å². The van der Waals surface area contributed by atoms with Crippen molar-refractivity contribution >= 4 is 22.5 Å². The fraction of sp³-hybridized carbons (Fsp3) is 0. The molecule has 0 atom stereocenters. The number of amides is 1. The third-order valence-electron chi connectivity index (χ3n) is 3.11. The van der Waals surface area contributed by atoms with Gasteiger partial charge in [-0.15, -0.1) is 0 Å². The average molecular weight is 281 g/mol. The van der Waals surface area contributed by atoms with Crippen LogP contribution >= 0.6 is 0 Å². The number of rotatable bonds is 3. The highest BCUT2D eigenvalue weighted by Gasteiger charge is 2.06. The first kappa shape index (κ1) is 13.1. The molecule has 0 saturated carbocycles. The molecule has 1 aromatic carbocycles. The largest absolute Gasteiger partial charge is 0.323 e. The third-order valence-corrected chi connectivity index (χ3v) is 3.11. The molecule has 1 N–H and O–H groups in total. The summed E-state index contributed by atoms with van der Waals surface area (Å²) in [6.07, 6.45) is 5.81. The second kappa shape index (κ2) is 5.20. The number of anilines is 1. The number of benzene rings is 1. The number of carbonyl (C=O) groups is 1. The van der Waals surface area contributed by atoms with Crippen LogP contribution in [0.5, 0.6) is 0 Å². The zero-order chi connectivity index (χ0) is 14.8. The van der Waals surface area contributed by atoms with Gasteiger partial charge in [-0.05, 0) is 30.3 Å². The zero-order valence-electron chi connectivity index (χ0n) is 11.1. The van der Waals surface area contributed by atoms with Gasteiger partial charge in [-0.2, -0.15) is 0 Å². The predicted octanol–water partition coefficient (Wildman–Crippen LogP) is 3.29. The number of carbonyl (C=O) groups excluding carboxylic acids is 1. The first-order chi connectivity index (χ1) is 10.2. The first-order valence-electron chi connectivity index (χ1n) is 6.33. The van der Waals surface area contributed by atoms with E-state index in [1.807, 2.05) is 29.0 Å². The molecule has 3 aromatic rings. The summed E-state index contributed by atoms with van der Waals surface area (Å²) in [5, 5.41) is 3.63. The fourth-order valence-corrected chi connectivity index (χ4v) is 2.17. The van der Waals surface area contributed by atoms with Gasteiger partial charge >= 0.3 is 0 Å². The van der Waals surface area contributed by atoms with Crippen molar-refractivity contribution in [2.75, 3.05) is 5.32 Å². The monoisotopic (exact) mass is 281 g/mol. The van der Waals surface area contributed by atoms with Crippen LogP contribution in [0.15, 0.2) is 61.6 Å². The second-order valence-corrected chi connectivity index (χ2v) is 4.51. The Morgan fingerprint density at radius 1 is 1.29 bits per heavy atom. The van der Waals surface area contributed by atoms with E-state index in [1.165, 1.54) is 12.1 Å². The van der Waals surface area contributed by atoms with Crippen molar-refractivity contribution in [2.45, 2.75) is 0 Å². The molecular formula is C16H12FN3O. The van der Waals surface area contributed by atoms with E-state index in [0.29, 0.717) is 11.4 Å². The Morgan fingerprint density at radius 3 is 2.90 bits per heavy atom. The molecule has 5 heteroatoms. The zero-order valence-corrected chi connectivity index (χ0v) is 11.1. The minimum Gasteiger partial charge on any atom is -0.323 e. The van der Waals surface area contributed by atoms with E-state index in [4.69, 9.17) is 0 Å². The second-order valence-electron chi connectivity index (χ2n) is 4.51. The van der Waals surface area contributed by atoms with Gasteiger partial charge in [0.2, 0.25) is 5.91 Å². The lowest BCUT2D eigenvalue weighted by molar-refractivity contribution is -0.111. The highest BCUT2D eigenvalue weighted by atomic mass is 19.1. The number of hydrogen-bond donors (Lipinski definition) is 1. The summed E-state index contributed by atoms with van der Waals surface area (Å²) < 4.78 is 15.1. The van der Waals surface area contributed by atoms with E-state index in [2.05, 4.69) is 16.9 Å². The fourth-order valence-electron chi connectivity index (χ4n) is 2.17. The first-order valence-corrected chi connectivity index (χ1v) is 6.33. The summed E-state index contributed by atoms with van der Waals surface area (Å²) in [5.41, 5.74) is 2.23. The molecule has 21 heavy (non-hydrogen) atoms. The van der Waals surface area contributed by atoms with Crippen LogP contribution in [0.2, 0.25) is 0 Å². The molecule has 2 aromatic heterocycles. The maximum Gasteiger partial charge on any atom is 0.247 e.